The van der Waals surface area contributed by atoms with Crippen molar-refractivity contribution in [2.75, 3.05) is 12.0 Å². The van der Waals surface area contributed by atoms with E-state index in [1.54, 1.807) is 4.90 Å². The average Bonchev–Trinajstić information content (AvgIpc) is 2.74. The summed E-state index contributed by atoms with van der Waals surface area (Å²) in [6.45, 7) is 5.85. The molecule has 0 radical (unpaired) electrons. The molecule has 1 aromatic carbocycles. The summed E-state index contributed by atoms with van der Waals surface area (Å²) in [6.07, 6.45) is 0.632. The first-order valence-electron chi connectivity index (χ1n) is 7.51. The summed E-state index contributed by atoms with van der Waals surface area (Å²) >= 11 is 0. The number of esters is 1. The fourth-order valence-electron chi connectivity index (χ4n) is 3.16. The van der Waals surface area contributed by atoms with Gasteiger partial charge in [-0.05, 0) is 38.3 Å². The van der Waals surface area contributed by atoms with E-state index in [2.05, 4.69) is 0 Å². The predicted molar refractivity (Wildman–Crippen MR) is 83.7 cm³/mol. The van der Waals surface area contributed by atoms with Crippen molar-refractivity contribution in [2.45, 2.75) is 45.3 Å². The molecule has 2 rings (SSSR count). The summed E-state index contributed by atoms with van der Waals surface area (Å²) in [5.74, 6) is -0.137. The third-order valence-corrected chi connectivity index (χ3v) is 4.14. The van der Waals surface area contributed by atoms with E-state index in [4.69, 9.17) is 9.47 Å². The number of cyclic esters (lactones) is 1. The Balaban J connectivity index is 2.23. The maximum atomic E-state index is 12.3. The minimum atomic E-state index is -0.609. The van der Waals surface area contributed by atoms with Crippen LogP contribution in [-0.4, -0.2) is 30.8 Å². The summed E-state index contributed by atoms with van der Waals surface area (Å²) in [4.78, 5) is 25.4. The number of benzene rings is 1. The fraction of sp³-hybridized carbons (Fsp3) is 0.529. The quantitative estimate of drug-likeness (QED) is 0.783. The largest absolute Gasteiger partial charge is 0.469 e. The Labute approximate surface area is 131 Å². The van der Waals surface area contributed by atoms with Crippen LogP contribution >= 0.6 is 0 Å². The Bertz CT molecular complexity index is 541. The molecule has 1 amide bonds. The molecule has 2 atom stereocenters. The van der Waals surface area contributed by atoms with Gasteiger partial charge < -0.3 is 9.47 Å². The van der Waals surface area contributed by atoms with Crippen LogP contribution in [0, 0.1) is 5.92 Å². The normalized spacial score (nSPS) is 21.4. The smallest absolute Gasteiger partial charge is 0.415 e. The fourth-order valence-corrected chi connectivity index (χ4v) is 3.16. The Morgan fingerprint density at radius 1 is 1.36 bits per heavy atom. The van der Waals surface area contributed by atoms with Crippen LogP contribution in [0.3, 0.4) is 0 Å². The lowest BCUT2D eigenvalue weighted by Gasteiger charge is -2.33. The Kier molecular flexibility index (Phi) is 4.74. The number of para-hydroxylation sites is 1. The number of hydrogen-bond acceptors (Lipinski definition) is 4. The lowest BCUT2D eigenvalue weighted by atomic mass is 9.85. The van der Waals surface area contributed by atoms with Crippen molar-refractivity contribution < 1.29 is 19.1 Å². The molecule has 0 N–H and O–H groups in total. The van der Waals surface area contributed by atoms with E-state index in [-0.39, 0.29) is 24.0 Å². The molecule has 1 saturated heterocycles. The molecule has 22 heavy (non-hydrogen) atoms. The van der Waals surface area contributed by atoms with Crippen LogP contribution in [0.2, 0.25) is 0 Å². The summed E-state index contributed by atoms with van der Waals surface area (Å²) < 4.78 is 10.3. The van der Waals surface area contributed by atoms with Crippen molar-refractivity contribution in [3.05, 3.63) is 30.3 Å². The second kappa shape index (κ2) is 6.38. The Morgan fingerprint density at radius 3 is 2.59 bits per heavy atom. The van der Waals surface area contributed by atoms with E-state index in [1.807, 2.05) is 51.1 Å². The summed E-state index contributed by atoms with van der Waals surface area (Å²) in [6, 6.07) is 9.35. The van der Waals surface area contributed by atoms with Crippen molar-refractivity contribution >= 4 is 17.7 Å². The van der Waals surface area contributed by atoms with E-state index in [9.17, 15) is 9.59 Å². The van der Waals surface area contributed by atoms with Crippen LogP contribution in [0.15, 0.2) is 30.3 Å². The zero-order chi connectivity index (χ0) is 16.3. The molecule has 1 heterocycles. The maximum absolute atomic E-state index is 12.3. The van der Waals surface area contributed by atoms with Gasteiger partial charge in [0.2, 0.25) is 0 Å². The van der Waals surface area contributed by atoms with Gasteiger partial charge in [0.1, 0.15) is 5.60 Å². The highest BCUT2D eigenvalue weighted by molar-refractivity contribution is 5.91. The molecule has 0 spiro atoms. The van der Waals surface area contributed by atoms with Gasteiger partial charge in [-0.2, -0.15) is 0 Å². The number of anilines is 1. The maximum Gasteiger partial charge on any atom is 0.415 e. The monoisotopic (exact) mass is 305 g/mol. The summed E-state index contributed by atoms with van der Waals surface area (Å²) in [5.41, 5.74) is 0.204. The van der Waals surface area contributed by atoms with E-state index in [1.165, 1.54) is 7.11 Å². The van der Waals surface area contributed by atoms with E-state index in [0.717, 1.165) is 5.69 Å². The highest BCUT2D eigenvalue weighted by Crippen LogP contribution is 2.38. The molecule has 0 saturated carbocycles. The SMILES string of the molecule is COC(=O)CCC(C)C1N(c2ccccc2)C(=O)OC1(C)C. The lowest BCUT2D eigenvalue weighted by molar-refractivity contribution is -0.141. The van der Waals surface area contributed by atoms with Crippen LogP contribution in [0.25, 0.3) is 0 Å². The van der Waals surface area contributed by atoms with Gasteiger partial charge in [0.05, 0.1) is 13.2 Å². The molecule has 0 aliphatic carbocycles. The van der Waals surface area contributed by atoms with Crippen molar-refractivity contribution in [3.63, 3.8) is 0 Å². The Morgan fingerprint density at radius 2 is 2.00 bits per heavy atom. The third kappa shape index (κ3) is 3.24. The number of nitrogens with zero attached hydrogens (tertiary/aromatic N) is 1. The Hall–Kier alpha value is -2.04. The zero-order valence-corrected chi connectivity index (χ0v) is 13.5. The van der Waals surface area contributed by atoms with Crippen molar-refractivity contribution in [3.8, 4) is 0 Å². The molecular formula is C17H23NO4. The average molecular weight is 305 g/mol. The molecule has 1 aliphatic heterocycles. The molecule has 2 unspecified atom stereocenters. The predicted octanol–water partition coefficient (Wildman–Crippen LogP) is 3.38. The highest BCUT2D eigenvalue weighted by Gasteiger charge is 2.50. The van der Waals surface area contributed by atoms with Crippen molar-refractivity contribution in [2.24, 2.45) is 5.92 Å². The molecular weight excluding hydrogens is 282 g/mol. The van der Waals surface area contributed by atoms with Gasteiger partial charge in [-0.3, -0.25) is 9.69 Å². The number of hydrogen-bond donors (Lipinski definition) is 0. The minimum Gasteiger partial charge on any atom is -0.469 e. The van der Waals surface area contributed by atoms with Crippen LogP contribution in [0.4, 0.5) is 10.5 Å². The number of methoxy groups -OCH3 is 1. The van der Waals surface area contributed by atoms with Crippen LogP contribution in [0.5, 0.6) is 0 Å². The molecule has 5 nitrogen and oxygen atoms in total. The van der Waals surface area contributed by atoms with E-state index >= 15 is 0 Å². The molecule has 0 bridgehead atoms. The molecule has 1 aromatic rings. The first kappa shape index (κ1) is 16.3. The molecule has 120 valence electrons. The molecule has 1 aliphatic rings. The third-order valence-electron chi connectivity index (χ3n) is 4.14. The van der Waals surface area contributed by atoms with Gasteiger partial charge in [0, 0.05) is 12.1 Å². The van der Waals surface area contributed by atoms with Gasteiger partial charge in [0.15, 0.2) is 0 Å². The van der Waals surface area contributed by atoms with Gasteiger partial charge in [0.25, 0.3) is 0 Å². The second-order valence-electron chi connectivity index (χ2n) is 6.21. The first-order chi connectivity index (χ1) is 10.4. The van der Waals surface area contributed by atoms with Gasteiger partial charge in [-0.15, -0.1) is 0 Å². The highest BCUT2D eigenvalue weighted by atomic mass is 16.6. The van der Waals surface area contributed by atoms with Gasteiger partial charge in [-0.25, -0.2) is 4.79 Å². The molecule has 1 fully saturated rings. The van der Waals surface area contributed by atoms with E-state index in [0.29, 0.717) is 12.8 Å². The van der Waals surface area contributed by atoms with Gasteiger partial charge >= 0.3 is 12.1 Å². The van der Waals surface area contributed by atoms with Crippen molar-refractivity contribution in [1.82, 2.24) is 0 Å². The van der Waals surface area contributed by atoms with Crippen LogP contribution < -0.4 is 4.90 Å². The number of amides is 1. The number of carbonyl (C=O) groups is 2. The lowest BCUT2D eigenvalue weighted by Crippen LogP contribution is -2.46. The molecule has 0 aromatic heterocycles. The van der Waals surface area contributed by atoms with Crippen LogP contribution in [-0.2, 0) is 14.3 Å². The van der Waals surface area contributed by atoms with E-state index < -0.39 is 5.60 Å². The summed E-state index contributed by atoms with van der Waals surface area (Å²) in [5, 5.41) is 0. The second-order valence-corrected chi connectivity index (χ2v) is 6.21. The summed E-state index contributed by atoms with van der Waals surface area (Å²) in [7, 11) is 1.38. The topological polar surface area (TPSA) is 55.8 Å². The number of rotatable bonds is 5. The minimum absolute atomic E-state index is 0.0979. The van der Waals surface area contributed by atoms with Crippen molar-refractivity contribution in [1.29, 1.82) is 0 Å². The zero-order valence-electron chi connectivity index (χ0n) is 13.5. The number of ether oxygens (including phenoxy) is 2. The van der Waals surface area contributed by atoms with Crippen LogP contribution in [0.1, 0.15) is 33.6 Å². The molecule has 5 heteroatoms. The first-order valence-corrected chi connectivity index (χ1v) is 7.51. The van der Waals surface area contributed by atoms with Gasteiger partial charge in [-0.1, -0.05) is 25.1 Å². The standard InChI is InChI=1S/C17H23NO4/c1-12(10-11-14(19)21-4)15-17(2,3)22-16(20)18(15)13-8-6-5-7-9-13/h5-9,12,15H,10-11H2,1-4H3. The number of carbonyl (C=O) groups excluding carboxylic acids is 2.